The van der Waals surface area contributed by atoms with Crippen LogP contribution in [0.2, 0.25) is 20.1 Å². The lowest BCUT2D eigenvalue weighted by Gasteiger charge is -2.25. The predicted molar refractivity (Wildman–Crippen MR) is 107 cm³/mol. The Hall–Kier alpha value is -0.920. The Balaban J connectivity index is 2.23. The zero-order valence-corrected chi connectivity index (χ0v) is 16.4. The predicted octanol–water partition coefficient (Wildman–Crippen LogP) is 8.34. The summed E-state index contributed by atoms with van der Waals surface area (Å²) in [6.07, 6.45) is 2.04. The van der Waals surface area contributed by atoms with Gasteiger partial charge in [0.2, 0.25) is 0 Å². The van der Waals surface area contributed by atoms with E-state index in [1.54, 1.807) is 6.07 Å². The van der Waals surface area contributed by atoms with Gasteiger partial charge in [0.25, 0.3) is 0 Å². The summed E-state index contributed by atoms with van der Waals surface area (Å²) in [6, 6.07) is 11.4. The highest BCUT2D eigenvalue weighted by Crippen LogP contribution is 2.45. The average molecular weight is 398 g/mol. The lowest BCUT2D eigenvalue weighted by atomic mass is 9.80. The van der Waals surface area contributed by atoms with Gasteiger partial charge in [0, 0.05) is 15.6 Å². The Bertz CT molecular complexity index is 875. The topological polar surface area (TPSA) is 0 Å². The molecule has 0 nitrogen and oxygen atoms in total. The van der Waals surface area contributed by atoms with E-state index >= 15 is 0 Å². The van der Waals surface area contributed by atoms with Crippen molar-refractivity contribution in [1.29, 1.82) is 0 Å². The third-order valence-corrected chi connectivity index (χ3v) is 5.67. The van der Waals surface area contributed by atoms with Crippen molar-refractivity contribution in [1.82, 2.24) is 0 Å². The molecule has 0 aromatic heterocycles. The fourth-order valence-corrected chi connectivity index (χ4v) is 3.95. The summed E-state index contributed by atoms with van der Waals surface area (Å²) < 4.78 is 0. The second-order valence-corrected chi connectivity index (χ2v) is 7.72. The van der Waals surface area contributed by atoms with E-state index in [2.05, 4.69) is 13.8 Å². The molecular formula is C20H16Cl4. The summed E-state index contributed by atoms with van der Waals surface area (Å²) in [5, 5.41) is 2.40. The van der Waals surface area contributed by atoms with Gasteiger partial charge in [-0.15, -0.1) is 0 Å². The van der Waals surface area contributed by atoms with Gasteiger partial charge in [-0.1, -0.05) is 69.7 Å². The molecule has 0 radical (unpaired) electrons. The summed E-state index contributed by atoms with van der Waals surface area (Å²) in [5.41, 5.74) is 7.03. The molecular weight excluding hydrogens is 382 g/mol. The summed E-state index contributed by atoms with van der Waals surface area (Å²) in [7, 11) is 0. The van der Waals surface area contributed by atoms with E-state index < -0.39 is 0 Å². The molecule has 2 aromatic rings. The van der Waals surface area contributed by atoms with Gasteiger partial charge < -0.3 is 0 Å². The third kappa shape index (κ3) is 3.39. The molecule has 24 heavy (non-hydrogen) atoms. The molecule has 0 fully saturated rings. The van der Waals surface area contributed by atoms with Crippen molar-refractivity contribution < 1.29 is 0 Å². The van der Waals surface area contributed by atoms with Gasteiger partial charge in [-0.25, -0.2) is 0 Å². The maximum absolute atomic E-state index is 6.50. The highest BCUT2D eigenvalue weighted by molar-refractivity contribution is 6.42. The van der Waals surface area contributed by atoms with Crippen molar-refractivity contribution in [2.24, 2.45) is 0 Å². The largest absolute Gasteiger partial charge is 0.0843 e. The lowest BCUT2D eigenvalue weighted by Crippen LogP contribution is -2.03. The minimum atomic E-state index is 0.555. The van der Waals surface area contributed by atoms with E-state index in [-0.39, 0.29) is 0 Å². The molecule has 3 rings (SSSR count). The molecule has 1 aliphatic carbocycles. The van der Waals surface area contributed by atoms with Gasteiger partial charge in [0.05, 0.1) is 10.0 Å². The van der Waals surface area contributed by atoms with Gasteiger partial charge in [-0.05, 0) is 67.7 Å². The summed E-state index contributed by atoms with van der Waals surface area (Å²) in [4.78, 5) is 0. The van der Waals surface area contributed by atoms with Crippen LogP contribution in [-0.2, 0) is 0 Å². The Morgan fingerprint density at radius 1 is 0.667 bits per heavy atom. The highest BCUT2D eigenvalue weighted by atomic mass is 35.5. The number of hydrogen-bond donors (Lipinski definition) is 0. The van der Waals surface area contributed by atoms with Gasteiger partial charge in [-0.2, -0.15) is 0 Å². The van der Waals surface area contributed by atoms with Gasteiger partial charge >= 0.3 is 0 Å². The van der Waals surface area contributed by atoms with Crippen LogP contribution in [-0.4, -0.2) is 0 Å². The molecule has 0 saturated heterocycles. The van der Waals surface area contributed by atoms with Crippen molar-refractivity contribution in [3.63, 3.8) is 0 Å². The van der Waals surface area contributed by atoms with E-state index in [4.69, 9.17) is 46.4 Å². The molecule has 0 bridgehead atoms. The van der Waals surface area contributed by atoms with Crippen molar-refractivity contribution in [2.45, 2.75) is 26.7 Å². The van der Waals surface area contributed by atoms with Crippen LogP contribution >= 0.6 is 46.4 Å². The van der Waals surface area contributed by atoms with Gasteiger partial charge in [0.1, 0.15) is 0 Å². The molecule has 0 unspecified atom stereocenters. The van der Waals surface area contributed by atoms with E-state index in [9.17, 15) is 0 Å². The first kappa shape index (κ1) is 17.9. The number of benzene rings is 2. The van der Waals surface area contributed by atoms with Crippen molar-refractivity contribution in [3.05, 3.63) is 78.8 Å². The normalized spacial score (nSPS) is 15.2. The molecule has 0 atom stereocenters. The number of allylic oxidation sites excluding steroid dienone is 4. The first-order chi connectivity index (χ1) is 11.4. The van der Waals surface area contributed by atoms with Crippen molar-refractivity contribution in [3.8, 4) is 0 Å². The number of halogens is 4. The highest BCUT2D eigenvalue weighted by Gasteiger charge is 2.22. The molecule has 0 spiro atoms. The average Bonchev–Trinajstić information content (AvgIpc) is 2.53. The number of hydrogen-bond acceptors (Lipinski definition) is 0. The Kier molecular flexibility index (Phi) is 5.32. The van der Waals surface area contributed by atoms with Gasteiger partial charge in [0.15, 0.2) is 0 Å². The van der Waals surface area contributed by atoms with Crippen molar-refractivity contribution >= 4 is 57.5 Å². The molecule has 4 heteroatoms. The molecule has 2 aromatic carbocycles. The SMILES string of the molecule is CC1=C(c2ccc(Cl)c(Cl)c2)C(c2ccc(Cl)cc2Cl)=C(C)CC1. The molecule has 0 N–H and O–H groups in total. The van der Waals surface area contributed by atoms with Crippen LogP contribution in [0.1, 0.15) is 37.8 Å². The maximum Gasteiger partial charge on any atom is 0.0598 e. The smallest absolute Gasteiger partial charge is 0.0598 e. The van der Waals surface area contributed by atoms with Crippen LogP contribution in [0.15, 0.2) is 47.5 Å². The summed E-state index contributed by atoms with van der Waals surface area (Å²) in [5.74, 6) is 0. The van der Waals surface area contributed by atoms with Crippen molar-refractivity contribution in [2.75, 3.05) is 0 Å². The summed E-state index contributed by atoms with van der Waals surface area (Å²) >= 11 is 24.9. The lowest BCUT2D eigenvalue weighted by molar-refractivity contribution is 0.916. The van der Waals surface area contributed by atoms with Crippen LogP contribution in [0.4, 0.5) is 0 Å². The fourth-order valence-electron chi connectivity index (χ4n) is 3.15. The zero-order valence-electron chi connectivity index (χ0n) is 13.4. The van der Waals surface area contributed by atoms with E-state index in [1.165, 1.54) is 22.3 Å². The Morgan fingerprint density at radius 2 is 1.33 bits per heavy atom. The van der Waals surface area contributed by atoms with Crippen LogP contribution in [0, 0.1) is 0 Å². The molecule has 0 aliphatic heterocycles. The molecule has 124 valence electrons. The zero-order chi connectivity index (χ0) is 17.4. The van der Waals surface area contributed by atoms with E-state index in [1.807, 2.05) is 30.3 Å². The van der Waals surface area contributed by atoms with Crippen LogP contribution in [0.3, 0.4) is 0 Å². The quantitative estimate of drug-likeness (QED) is 0.477. The summed E-state index contributed by atoms with van der Waals surface area (Å²) in [6.45, 7) is 4.32. The molecule has 1 aliphatic rings. The van der Waals surface area contributed by atoms with Gasteiger partial charge in [-0.3, -0.25) is 0 Å². The van der Waals surface area contributed by atoms with E-state index in [0.29, 0.717) is 20.1 Å². The fraction of sp³-hybridized carbons (Fsp3) is 0.200. The molecule has 0 saturated carbocycles. The third-order valence-electron chi connectivity index (χ3n) is 4.39. The number of rotatable bonds is 2. The standard InChI is InChI=1S/C20H16Cl4/c1-11-3-4-12(2)20(15-7-6-14(21)10-17(15)23)19(11)13-5-8-16(22)18(24)9-13/h5-10H,3-4H2,1-2H3. The Morgan fingerprint density at radius 3 is 1.96 bits per heavy atom. The first-order valence-electron chi connectivity index (χ1n) is 7.69. The monoisotopic (exact) mass is 396 g/mol. The molecule has 0 amide bonds. The van der Waals surface area contributed by atoms with E-state index in [0.717, 1.165) is 24.0 Å². The maximum atomic E-state index is 6.50. The Labute approximate surface area is 162 Å². The minimum absolute atomic E-state index is 0.555. The molecule has 0 heterocycles. The van der Waals surface area contributed by atoms with Crippen LogP contribution < -0.4 is 0 Å². The first-order valence-corrected chi connectivity index (χ1v) is 9.20. The second kappa shape index (κ2) is 7.14. The van der Waals surface area contributed by atoms with Crippen LogP contribution in [0.5, 0.6) is 0 Å². The second-order valence-electron chi connectivity index (χ2n) is 6.06. The minimum Gasteiger partial charge on any atom is -0.0843 e. The van der Waals surface area contributed by atoms with Crippen LogP contribution in [0.25, 0.3) is 11.1 Å².